The number of nitrogens with zero attached hydrogens (tertiary/aromatic N) is 2. The van der Waals surface area contributed by atoms with E-state index in [0.29, 0.717) is 0 Å². The summed E-state index contributed by atoms with van der Waals surface area (Å²) < 4.78 is 0. The Balaban J connectivity index is 0.000000245. The van der Waals surface area contributed by atoms with E-state index in [2.05, 4.69) is 23.8 Å². The minimum atomic E-state index is 1.01. The Bertz CT molecular complexity index is 408. The largest absolute Gasteiger partial charge is 0.261 e. The third-order valence-corrected chi connectivity index (χ3v) is 2.12. The highest BCUT2D eigenvalue weighted by Crippen LogP contribution is 2.08. The van der Waals surface area contributed by atoms with Crippen molar-refractivity contribution in [2.75, 3.05) is 0 Å². The Morgan fingerprint density at radius 3 is 2.53 bits per heavy atom. The molecule has 2 aromatic heterocycles. The maximum atomic E-state index is 4.20. The van der Waals surface area contributed by atoms with E-state index in [4.69, 9.17) is 0 Å². The first-order chi connectivity index (χ1) is 7.27. The highest BCUT2D eigenvalue weighted by atomic mass is 14.7. The normalized spacial score (nSPS) is 9.53. The zero-order chi connectivity index (χ0) is 11.1. The van der Waals surface area contributed by atoms with Gasteiger partial charge in [0.05, 0.1) is 5.52 Å². The molecule has 2 rings (SSSR count). The highest BCUT2D eigenvalue weighted by Gasteiger charge is 1.92. The average Bonchev–Trinajstić information content (AvgIpc) is 2.29. The van der Waals surface area contributed by atoms with Crippen LogP contribution in [0, 0.1) is 6.92 Å². The summed E-state index contributed by atoms with van der Waals surface area (Å²) in [5.74, 6) is 0. The molecule has 0 radical (unpaired) electrons. The molecule has 0 aromatic carbocycles. The fourth-order valence-corrected chi connectivity index (χ4v) is 1.07. The zero-order valence-corrected chi connectivity index (χ0v) is 9.70. The number of hydrogen-bond donors (Lipinski definition) is 0. The molecule has 2 heterocycles. The number of rotatable bonds is 1. The van der Waals surface area contributed by atoms with Gasteiger partial charge >= 0.3 is 0 Å². The van der Waals surface area contributed by atoms with E-state index in [1.54, 1.807) is 6.20 Å². The van der Waals surface area contributed by atoms with Crippen molar-refractivity contribution in [3.05, 3.63) is 36.3 Å². The molecule has 0 unspecified atom stereocenters. The predicted octanol–water partition coefficient (Wildman–Crippen LogP) is 3.74. The summed E-state index contributed by atoms with van der Waals surface area (Å²) in [6.07, 6.45) is 6.28. The van der Waals surface area contributed by atoms with Crippen molar-refractivity contribution in [1.29, 1.82) is 0 Å². The number of hydrogen-bond acceptors (Lipinski definition) is 2. The quantitative estimate of drug-likeness (QED) is 0.704. The van der Waals surface area contributed by atoms with Crippen molar-refractivity contribution in [3.63, 3.8) is 0 Å². The van der Waals surface area contributed by atoms with Crippen LogP contribution < -0.4 is 0 Å². The van der Waals surface area contributed by atoms with Gasteiger partial charge in [-0.3, -0.25) is 9.97 Å². The van der Waals surface area contributed by atoms with Crippen molar-refractivity contribution >= 4 is 10.9 Å². The van der Waals surface area contributed by atoms with E-state index in [9.17, 15) is 0 Å². The van der Waals surface area contributed by atoms with Gasteiger partial charge in [0.1, 0.15) is 0 Å². The number of pyridine rings is 2. The van der Waals surface area contributed by atoms with Gasteiger partial charge in [-0.25, -0.2) is 0 Å². The van der Waals surface area contributed by atoms with E-state index in [-0.39, 0.29) is 0 Å². The van der Waals surface area contributed by atoms with E-state index in [1.807, 2.05) is 31.3 Å². The van der Waals surface area contributed by atoms with Crippen LogP contribution in [0.15, 0.2) is 30.6 Å². The Labute approximate surface area is 91.4 Å². The van der Waals surface area contributed by atoms with Crippen LogP contribution in [-0.4, -0.2) is 9.97 Å². The summed E-state index contributed by atoms with van der Waals surface area (Å²) in [4.78, 5) is 8.37. The van der Waals surface area contributed by atoms with Crippen LogP contribution >= 0.6 is 0 Å². The van der Waals surface area contributed by atoms with E-state index >= 15 is 0 Å². The number of fused-ring (bicyclic) bond motifs is 1. The van der Waals surface area contributed by atoms with Gasteiger partial charge in [0.2, 0.25) is 0 Å². The van der Waals surface area contributed by atoms with E-state index < -0.39 is 0 Å². The minimum absolute atomic E-state index is 1.01. The van der Waals surface area contributed by atoms with Crippen LogP contribution in [0.1, 0.15) is 32.4 Å². The first-order valence-corrected chi connectivity index (χ1v) is 5.45. The molecule has 0 bridgehead atoms. The lowest BCUT2D eigenvalue weighted by Crippen LogP contribution is -1.82. The summed E-state index contributed by atoms with van der Waals surface area (Å²) in [5, 5.41) is 1.10. The SMILES string of the molecule is CCCC.Cc1cc2ncccc2cn1. The van der Waals surface area contributed by atoms with Crippen LogP contribution in [0.3, 0.4) is 0 Å². The van der Waals surface area contributed by atoms with Gasteiger partial charge in [-0.05, 0) is 25.1 Å². The first-order valence-electron chi connectivity index (χ1n) is 5.45. The number of unbranched alkanes of at least 4 members (excludes halogenated alkanes) is 1. The van der Waals surface area contributed by atoms with Crippen LogP contribution in [0.4, 0.5) is 0 Å². The number of aryl methyl sites for hydroxylation is 1. The third kappa shape index (κ3) is 3.66. The van der Waals surface area contributed by atoms with Crippen LogP contribution in [0.2, 0.25) is 0 Å². The molecule has 0 aliphatic rings. The summed E-state index contributed by atoms with van der Waals surface area (Å²) in [6.45, 7) is 6.33. The second kappa shape index (κ2) is 6.12. The smallest absolute Gasteiger partial charge is 0.0735 e. The van der Waals surface area contributed by atoms with Gasteiger partial charge in [0.25, 0.3) is 0 Å². The molecule has 15 heavy (non-hydrogen) atoms. The lowest BCUT2D eigenvalue weighted by Gasteiger charge is -1.95. The van der Waals surface area contributed by atoms with Gasteiger partial charge in [-0.1, -0.05) is 26.7 Å². The number of aromatic nitrogens is 2. The van der Waals surface area contributed by atoms with Gasteiger partial charge in [-0.2, -0.15) is 0 Å². The van der Waals surface area contributed by atoms with Crippen molar-refractivity contribution in [3.8, 4) is 0 Å². The fraction of sp³-hybridized carbons (Fsp3) is 0.385. The van der Waals surface area contributed by atoms with Crippen LogP contribution in [0.25, 0.3) is 10.9 Å². The van der Waals surface area contributed by atoms with Gasteiger partial charge < -0.3 is 0 Å². The maximum Gasteiger partial charge on any atom is 0.0735 e. The molecule has 0 amide bonds. The van der Waals surface area contributed by atoms with Gasteiger partial charge in [0, 0.05) is 23.5 Å². The molecule has 2 nitrogen and oxygen atoms in total. The first kappa shape index (κ1) is 11.6. The van der Waals surface area contributed by atoms with Crippen LogP contribution in [0.5, 0.6) is 0 Å². The second-order valence-corrected chi connectivity index (χ2v) is 3.52. The molecule has 0 fully saturated rings. The van der Waals surface area contributed by atoms with Crippen molar-refractivity contribution in [1.82, 2.24) is 9.97 Å². The van der Waals surface area contributed by atoms with E-state index in [0.717, 1.165) is 16.6 Å². The monoisotopic (exact) mass is 202 g/mol. The fourth-order valence-electron chi connectivity index (χ4n) is 1.07. The highest BCUT2D eigenvalue weighted by molar-refractivity contribution is 5.77. The zero-order valence-electron chi connectivity index (χ0n) is 9.70. The molecule has 80 valence electrons. The Hall–Kier alpha value is -1.44. The molecule has 2 heteroatoms. The second-order valence-electron chi connectivity index (χ2n) is 3.52. The average molecular weight is 202 g/mol. The molecule has 0 atom stereocenters. The molecular formula is C13H18N2. The minimum Gasteiger partial charge on any atom is -0.261 e. The molecular weight excluding hydrogens is 184 g/mol. The van der Waals surface area contributed by atoms with Crippen molar-refractivity contribution < 1.29 is 0 Å². The molecule has 0 aliphatic heterocycles. The lowest BCUT2D eigenvalue weighted by atomic mass is 10.2. The lowest BCUT2D eigenvalue weighted by molar-refractivity contribution is 0.886. The molecule has 0 spiro atoms. The van der Waals surface area contributed by atoms with Gasteiger partial charge in [0.15, 0.2) is 0 Å². The van der Waals surface area contributed by atoms with Crippen molar-refractivity contribution in [2.24, 2.45) is 0 Å². The van der Waals surface area contributed by atoms with E-state index in [1.165, 1.54) is 12.8 Å². The Morgan fingerprint density at radius 2 is 1.87 bits per heavy atom. The van der Waals surface area contributed by atoms with Crippen molar-refractivity contribution in [2.45, 2.75) is 33.6 Å². The predicted molar refractivity (Wildman–Crippen MR) is 64.9 cm³/mol. The van der Waals surface area contributed by atoms with Crippen LogP contribution in [-0.2, 0) is 0 Å². The summed E-state index contributed by atoms with van der Waals surface area (Å²) >= 11 is 0. The Morgan fingerprint density at radius 1 is 1.13 bits per heavy atom. The standard InChI is InChI=1S/C9H8N2.C4H10/c1-7-5-9-8(6-11-7)3-2-4-10-9;1-3-4-2/h2-6H,1H3;3-4H2,1-2H3. The summed E-state index contributed by atoms with van der Waals surface area (Å²) in [7, 11) is 0. The van der Waals surface area contributed by atoms with Gasteiger partial charge in [-0.15, -0.1) is 0 Å². The molecule has 0 aliphatic carbocycles. The topological polar surface area (TPSA) is 25.8 Å². The molecule has 2 aromatic rings. The summed E-state index contributed by atoms with van der Waals surface area (Å²) in [5.41, 5.74) is 2.02. The molecule has 0 N–H and O–H groups in total. The third-order valence-electron chi connectivity index (χ3n) is 2.12. The molecule has 0 saturated heterocycles. The summed E-state index contributed by atoms with van der Waals surface area (Å²) in [6, 6.07) is 5.91. The molecule has 0 saturated carbocycles. The Kier molecular flexibility index (Phi) is 4.75. The maximum absolute atomic E-state index is 4.20.